The van der Waals surface area contributed by atoms with Gasteiger partial charge < -0.3 is 10.1 Å². The van der Waals surface area contributed by atoms with Crippen LogP contribution in [0.1, 0.15) is 67.8 Å². The van der Waals surface area contributed by atoms with E-state index in [-0.39, 0.29) is 17.8 Å². The van der Waals surface area contributed by atoms with Crippen molar-refractivity contribution in [2.45, 2.75) is 58.8 Å². The normalized spacial score (nSPS) is 20.5. The highest BCUT2D eigenvalue weighted by atomic mass is 16.5. The molecule has 4 nitrogen and oxygen atoms in total. The minimum absolute atomic E-state index is 0.109. The number of hydrogen-bond acceptors (Lipinski definition) is 3. The number of nitrogens with one attached hydrogen (secondary N) is 1. The summed E-state index contributed by atoms with van der Waals surface area (Å²) < 4.78 is 4.72. The Kier molecular flexibility index (Phi) is 6.83. The Labute approximate surface area is 145 Å². The lowest BCUT2D eigenvalue weighted by atomic mass is 9.79. The number of hydrogen-bond donors (Lipinski definition) is 1. The van der Waals surface area contributed by atoms with Gasteiger partial charge in [-0.3, -0.25) is 4.79 Å². The van der Waals surface area contributed by atoms with Gasteiger partial charge in [0.15, 0.2) is 0 Å². The monoisotopic (exact) mass is 331 g/mol. The first-order valence-corrected chi connectivity index (χ1v) is 9.05. The Morgan fingerprint density at radius 1 is 1.21 bits per heavy atom. The fraction of sp³-hybridized carbons (Fsp3) is 0.600. The van der Waals surface area contributed by atoms with Crippen molar-refractivity contribution < 1.29 is 14.3 Å². The van der Waals surface area contributed by atoms with Crippen molar-refractivity contribution in [3.8, 4) is 0 Å². The number of esters is 1. The maximum absolute atomic E-state index is 12.5. The van der Waals surface area contributed by atoms with E-state index in [1.807, 2.05) is 6.92 Å². The minimum Gasteiger partial charge on any atom is -0.465 e. The average Bonchev–Trinajstić information content (AvgIpc) is 2.61. The first-order chi connectivity index (χ1) is 11.5. The van der Waals surface area contributed by atoms with Crippen molar-refractivity contribution in [2.24, 2.45) is 11.8 Å². The summed E-state index contributed by atoms with van der Waals surface area (Å²) in [6.45, 7) is 4.12. The summed E-state index contributed by atoms with van der Waals surface area (Å²) in [7, 11) is 1.37. The van der Waals surface area contributed by atoms with Crippen LogP contribution >= 0.6 is 0 Å². The molecule has 0 radical (unpaired) electrons. The number of carbonyl (C=O) groups is 2. The van der Waals surface area contributed by atoms with Crippen molar-refractivity contribution >= 4 is 17.6 Å². The third-order valence-corrected chi connectivity index (χ3v) is 5.09. The van der Waals surface area contributed by atoms with E-state index in [1.165, 1.54) is 39.2 Å². The molecule has 1 aliphatic rings. The first kappa shape index (κ1) is 18.5. The molecule has 0 unspecified atom stereocenters. The fourth-order valence-corrected chi connectivity index (χ4v) is 3.49. The molecule has 0 aliphatic heterocycles. The first-order valence-electron chi connectivity index (χ1n) is 9.05. The van der Waals surface area contributed by atoms with Gasteiger partial charge in [-0.25, -0.2) is 4.79 Å². The van der Waals surface area contributed by atoms with Crippen LogP contribution in [0, 0.1) is 18.8 Å². The number of ether oxygens (including phenoxy) is 1. The molecule has 0 atom stereocenters. The molecule has 132 valence electrons. The Morgan fingerprint density at radius 2 is 1.92 bits per heavy atom. The van der Waals surface area contributed by atoms with E-state index in [2.05, 4.69) is 12.2 Å². The lowest BCUT2D eigenvalue weighted by Gasteiger charge is -2.28. The molecule has 1 aromatic rings. The van der Waals surface area contributed by atoms with Gasteiger partial charge in [0.25, 0.3) is 0 Å². The molecule has 0 bridgehead atoms. The van der Waals surface area contributed by atoms with Crippen LogP contribution in [0.15, 0.2) is 18.2 Å². The molecule has 1 aliphatic carbocycles. The molecule has 24 heavy (non-hydrogen) atoms. The molecule has 1 fully saturated rings. The van der Waals surface area contributed by atoms with Crippen LogP contribution in [-0.4, -0.2) is 19.0 Å². The highest BCUT2D eigenvalue weighted by Crippen LogP contribution is 2.32. The summed E-state index contributed by atoms with van der Waals surface area (Å²) in [5.41, 5.74) is 2.16. The zero-order chi connectivity index (χ0) is 17.5. The van der Waals surface area contributed by atoms with Gasteiger partial charge in [0.1, 0.15) is 0 Å². The average molecular weight is 331 g/mol. The molecular weight excluding hydrogens is 302 g/mol. The Balaban J connectivity index is 1.90. The quantitative estimate of drug-likeness (QED) is 0.768. The van der Waals surface area contributed by atoms with Crippen LogP contribution in [0.2, 0.25) is 0 Å². The number of rotatable bonds is 6. The van der Waals surface area contributed by atoms with Gasteiger partial charge in [-0.2, -0.15) is 0 Å². The number of methoxy groups -OCH3 is 1. The van der Waals surface area contributed by atoms with E-state index in [4.69, 9.17) is 4.74 Å². The summed E-state index contributed by atoms with van der Waals surface area (Å²) in [6, 6.07) is 5.23. The van der Waals surface area contributed by atoms with Gasteiger partial charge in [-0.05, 0) is 62.3 Å². The standard InChI is InChI=1S/C20H29NO3/c1-4-5-6-15-7-9-16(10-8-15)19(22)21-18-12-11-17(13-14(18)2)20(23)24-3/h11-13,15-16H,4-10H2,1-3H3,(H,21,22). The SMILES string of the molecule is CCCCC1CCC(C(=O)Nc2ccc(C(=O)OC)cc2C)CC1. The second-order valence-corrected chi connectivity index (χ2v) is 6.87. The zero-order valence-corrected chi connectivity index (χ0v) is 15.1. The molecular formula is C20H29NO3. The van der Waals surface area contributed by atoms with Crippen LogP contribution < -0.4 is 5.32 Å². The van der Waals surface area contributed by atoms with Crippen molar-refractivity contribution in [1.82, 2.24) is 0 Å². The maximum atomic E-state index is 12.5. The summed E-state index contributed by atoms with van der Waals surface area (Å²) in [6.07, 6.45) is 8.16. The second-order valence-electron chi connectivity index (χ2n) is 6.87. The minimum atomic E-state index is -0.360. The van der Waals surface area contributed by atoms with Crippen LogP contribution in [0.5, 0.6) is 0 Å². The molecule has 0 aromatic heterocycles. The number of anilines is 1. The molecule has 0 saturated heterocycles. The summed E-state index contributed by atoms with van der Waals surface area (Å²) in [5, 5.41) is 3.03. The van der Waals surface area contributed by atoms with Crippen LogP contribution in [-0.2, 0) is 9.53 Å². The molecule has 1 saturated carbocycles. The van der Waals surface area contributed by atoms with Crippen molar-refractivity contribution in [1.29, 1.82) is 0 Å². The van der Waals surface area contributed by atoms with Crippen LogP contribution in [0.3, 0.4) is 0 Å². The Hall–Kier alpha value is -1.84. The van der Waals surface area contributed by atoms with Crippen LogP contribution in [0.4, 0.5) is 5.69 Å². The predicted octanol–water partition coefficient (Wildman–Crippen LogP) is 4.72. The van der Waals surface area contributed by atoms with E-state index >= 15 is 0 Å². The third kappa shape index (κ3) is 4.83. The number of carbonyl (C=O) groups excluding carboxylic acids is 2. The van der Waals surface area contributed by atoms with E-state index in [0.717, 1.165) is 30.0 Å². The van der Waals surface area contributed by atoms with E-state index in [0.29, 0.717) is 5.56 Å². The van der Waals surface area contributed by atoms with Gasteiger partial charge in [-0.15, -0.1) is 0 Å². The van der Waals surface area contributed by atoms with E-state index in [1.54, 1.807) is 18.2 Å². The third-order valence-electron chi connectivity index (χ3n) is 5.09. The Morgan fingerprint density at radius 3 is 2.50 bits per heavy atom. The smallest absolute Gasteiger partial charge is 0.337 e. The van der Waals surface area contributed by atoms with Crippen molar-refractivity contribution in [3.63, 3.8) is 0 Å². The predicted molar refractivity (Wildman–Crippen MR) is 96.1 cm³/mol. The molecule has 1 N–H and O–H groups in total. The summed E-state index contributed by atoms with van der Waals surface area (Å²) >= 11 is 0. The Bertz CT molecular complexity index is 574. The van der Waals surface area contributed by atoms with Gasteiger partial charge in [0, 0.05) is 11.6 Å². The highest BCUT2D eigenvalue weighted by Gasteiger charge is 2.26. The van der Waals surface area contributed by atoms with Gasteiger partial charge in [-0.1, -0.05) is 26.2 Å². The topological polar surface area (TPSA) is 55.4 Å². The van der Waals surface area contributed by atoms with Crippen LogP contribution in [0.25, 0.3) is 0 Å². The summed E-state index contributed by atoms with van der Waals surface area (Å²) in [4.78, 5) is 24.1. The molecule has 2 rings (SSSR count). The highest BCUT2D eigenvalue weighted by molar-refractivity contribution is 5.95. The molecule has 1 aromatic carbocycles. The van der Waals surface area contributed by atoms with Crippen molar-refractivity contribution in [3.05, 3.63) is 29.3 Å². The summed E-state index contributed by atoms with van der Waals surface area (Å²) in [5.74, 6) is 0.664. The molecule has 0 heterocycles. The maximum Gasteiger partial charge on any atom is 0.337 e. The molecule has 0 spiro atoms. The number of aryl methyl sites for hydroxylation is 1. The second kappa shape index (κ2) is 8.86. The molecule has 1 amide bonds. The van der Waals surface area contributed by atoms with Crippen molar-refractivity contribution in [2.75, 3.05) is 12.4 Å². The van der Waals surface area contributed by atoms with Gasteiger partial charge in [0.2, 0.25) is 5.91 Å². The van der Waals surface area contributed by atoms with Gasteiger partial charge >= 0.3 is 5.97 Å². The van der Waals surface area contributed by atoms with E-state index < -0.39 is 0 Å². The fourth-order valence-electron chi connectivity index (χ4n) is 3.49. The van der Waals surface area contributed by atoms with Gasteiger partial charge in [0.05, 0.1) is 12.7 Å². The zero-order valence-electron chi connectivity index (χ0n) is 15.1. The van der Waals surface area contributed by atoms with E-state index in [9.17, 15) is 9.59 Å². The molecule has 4 heteroatoms. The largest absolute Gasteiger partial charge is 0.465 e. The number of amides is 1. The lowest BCUT2D eigenvalue weighted by Crippen LogP contribution is -2.27. The lowest BCUT2D eigenvalue weighted by molar-refractivity contribution is -0.121. The number of unbranched alkanes of at least 4 members (excludes halogenated alkanes) is 1. The number of benzene rings is 1.